The molecule has 0 radical (unpaired) electrons. The molecule has 140 valence electrons. The molecule has 0 aliphatic carbocycles. The van der Waals surface area contributed by atoms with Crippen molar-refractivity contribution in [1.29, 1.82) is 0 Å². The van der Waals surface area contributed by atoms with E-state index in [1.165, 1.54) is 24.3 Å². The fraction of sp³-hybridized carbons (Fsp3) is 0.500. The third-order valence-corrected chi connectivity index (χ3v) is 6.46. The molecule has 0 saturated heterocycles. The highest BCUT2D eigenvalue weighted by atomic mass is 32.3. The minimum Gasteiger partial charge on any atom is -0.492 e. The number of anilines is 1. The standard InChI is InChI=1S/C14H22N4O5S2/c1-24(19,20)18(25(2,21)22)12-4-6-13(7-5-12)23-11-10-17-14-15-8-3-9-16-14/h4-7H,3,8-11H2,1-2H3,(H2,15,16,17). The number of nitrogens with one attached hydrogen (secondary N) is 2. The van der Waals surface area contributed by atoms with Crippen LogP contribution in [0.25, 0.3) is 0 Å². The normalized spacial score (nSPS) is 15.0. The molecule has 0 aromatic heterocycles. The summed E-state index contributed by atoms with van der Waals surface area (Å²) in [6, 6.07) is 5.82. The van der Waals surface area contributed by atoms with Gasteiger partial charge in [-0.1, -0.05) is 0 Å². The predicted octanol–water partition coefficient (Wildman–Crippen LogP) is -0.270. The van der Waals surface area contributed by atoms with Crippen molar-refractivity contribution in [2.75, 3.05) is 42.5 Å². The average molecular weight is 390 g/mol. The van der Waals surface area contributed by atoms with Crippen LogP contribution in [0.3, 0.4) is 0 Å². The molecule has 0 spiro atoms. The second-order valence-corrected chi connectivity index (χ2v) is 9.40. The molecule has 11 heteroatoms. The molecule has 2 N–H and O–H groups in total. The van der Waals surface area contributed by atoms with Gasteiger partial charge in [0.25, 0.3) is 0 Å². The van der Waals surface area contributed by atoms with Gasteiger partial charge in [0.2, 0.25) is 20.0 Å². The van der Waals surface area contributed by atoms with E-state index in [1.54, 1.807) is 0 Å². The predicted molar refractivity (Wildman–Crippen MR) is 97.0 cm³/mol. The van der Waals surface area contributed by atoms with Crippen molar-refractivity contribution in [2.45, 2.75) is 6.42 Å². The second kappa shape index (κ2) is 7.91. The average Bonchev–Trinajstić information content (AvgIpc) is 2.51. The number of aliphatic imine (C=N–C) groups is 1. The van der Waals surface area contributed by atoms with Crippen LogP contribution in [0, 0.1) is 0 Å². The minimum atomic E-state index is -3.95. The Kier molecular flexibility index (Phi) is 6.11. The van der Waals surface area contributed by atoms with Gasteiger partial charge in [-0.15, -0.1) is 0 Å². The van der Waals surface area contributed by atoms with Crippen LogP contribution in [0.1, 0.15) is 6.42 Å². The van der Waals surface area contributed by atoms with Gasteiger partial charge in [0.05, 0.1) is 24.7 Å². The topological polar surface area (TPSA) is 117 Å². The first-order valence-electron chi connectivity index (χ1n) is 7.63. The zero-order valence-corrected chi connectivity index (χ0v) is 15.7. The number of sulfonamides is 2. The quantitative estimate of drug-likeness (QED) is 0.616. The fourth-order valence-corrected chi connectivity index (χ4v) is 5.26. The van der Waals surface area contributed by atoms with Crippen molar-refractivity contribution in [3.63, 3.8) is 0 Å². The lowest BCUT2D eigenvalue weighted by Gasteiger charge is -2.20. The van der Waals surface area contributed by atoms with Crippen LogP contribution in [0.5, 0.6) is 5.75 Å². The number of ether oxygens (including phenoxy) is 1. The van der Waals surface area contributed by atoms with Gasteiger partial charge >= 0.3 is 0 Å². The lowest BCUT2D eigenvalue weighted by molar-refractivity contribution is 0.321. The summed E-state index contributed by atoms with van der Waals surface area (Å²) in [6.07, 6.45) is 2.70. The van der Waals surface area contributed by atoms with E-state index in [1.807, 2.05) is 0 Å². The van der Waals surface area contributed by atoms with E-state index < -0.39 is 20.0 Å². The molecular formula is C14H22N4O5S2. The van der Waals surface area contributed by atoms with Crippen LogP contribution in [-0.4, -0.2) is 61.5 Å². The van der Waals surface area contributed by atoms with Crippen molar-refractivity contribution in [3.05, 3.63) is 24.3 Å². The molecule has 0 bridgehead atoms. The molecule has 1 aliphatic rings. The van der Waals surface area contributed by atoms with Gasteiger partial charge in [0.15, 0.2) is 5.96 Å². The molecule has 0 fully saturated rings. The van der Waals surface area contributed by atoms with Crippen molar-refractivity contribution < 1.29 is 21.6 Å². The molecule has 25 heavy (non-hydrogen) atoms. The lowest BCUT2D eigenvalue weighted by atomic mass is 10.3. The van der Waals surface area contributed by atoms with E-state index in [0.29, 0.717) is 22.6 Å². The van der Waals surface area contributed by atoms with Crippen molar-refractivity contribution in [1.82, 2.24) is 10.6 Å². The third kappa shape index (κ3) is 5.78. The first kappa shape index (κ1) is 19.3. The maximum absolute atomic E-state index is 11.7. The molecule has 0 saturated carbocycles. The van der Waals surface area contributed by atoms with E-state index >= 15 is 0 Å². The highest BCUT2D eigenvalue weighted by Crippen LogP contribution is 2.23. The molecule has 1 aliphatic heterocycles. The Bertz CT molecular complexity index is 787. The molecule has 2 rings (SSSR count). The van der Waals surface area contributed by atoms with Crippen LogP contribution in [-0.2, 0) is 20.0 Å². The van der Waals surface area contributed by atoms with Gasteiger partial charge in [0, 0.05) is 13.1 Å². The molecule has 0 amide bonds. The molecule has 1 aromatic carbocycles. The molecule has 9 nitrogen and oxygen atoms in total. The SMILES string of the molecule is CS(=O)(=O)N(c1ccc(OCCNC2=NCCCN2)cc1)S(C)(=O)=O. The summed E-state index contributed by atoms with van der Waals surface area (Å²) in [6.45, 7) is 2.62. The van der Waals surface area contributed by atoms with Crippen molar-refractivity contribution in [2.24, 2.45) is 4.99 Å². The van der Waals surface area contributed by atoms with Crippen molar-refractivity contribution in [3.8, 4) is 5.75 Å². The Hall–Kier alpha value is -2.01. The lowest BCUT2D eigenvalue weighted by Crippen LogP contribution is -2.42. The van der Waals surface area contributed by atoms with Gasteiger partial charge in [0.1, 0.15) is 12.4 Å². The summed E-state index contributed by atoms with van der Waals surface area (Å²) in [4.78, 5) is 4.27. The monoisotopic (exact) mass is 390 g/mol. The third-order valence-electron chi connectivity index (χ3n) is 3.21. The number of hydrogen-bond donors (Lipinski definition) is 2. The summed E-state index contributed by atoms with van der Waals surface area (Å²) in [7, 11) is -7.89. The number of guanidine groups is 1. The van der Waals surface area contributed by atoms with Gasteiger partial charge in [-0.2, -0.15) is 3.71 Å². The van der Waals surface area contributed by atoms with Gasteiger partial charge < -0.3 is 15.4 Å². The zero-order chi connectivity index (χ0) is 18.5. The Labute approximate surface area is 148 Å². The summed E-state index contributed by atoms with van der Waals surface area (Å²) in [5.41, 5.74) is 0.0382. The molecule has 0 atom stereocenters. The van der Waals surface area contributed by atoms with Crippen LogP contribution >= 0.6 is 0 Å². The zero-order valence-electron chi connectivity index (χ0n) is 14.1. The van der Waals surface area contributed by atoms with Crippen LogP contribution in [0.4, 0.5) is 5.69 Å². The first-order valence-corrected chi connectivity index (χ1v) is 11.3. The molecule has 1 aromatic rings. The first-order chi connectivity index (χ1) is 11.7. The van der Waals surface area contributed by atoms with Gasteiger partial charge in [-0.3, -0.25) is 4.99 Å². The maximum Gasteiger partial charge on any atom is 0.245 e. The highest BCUT2D eigenvalue weighted by molar-refractivity contribution is 8.09. The van der Waals surface area contributed by atoms with Crippen LogP contribution in [0.2, 0.25) is 0 Å². The number of rotatable bonds is 7. The summed E-state index contributed by atoms with van der Waals surface area (Å²) in [5, 5.41) is 6.24. The number of nitrogens with zero attached hydrogens (tertiary/aromatic N) is 2. The number of hydrogen-bond acceptors (Lipinski definition) is 8. The Morgan fingerprint density at radius 2 is 1.80 bits per heavy atom. The molecule has 0 unspecified atom stereocenters. The summed E-state index contributed by atoms with van der Waals surface area (Å²) >= 11 is 0. The Morgan fingerprint density at radius 3 is 2.32 bits per heavy atom. The van der Waals surface area contributed by atoms with Gasteiger partial charge in [-0.25, -0.2) is 16.8 Å². The summed E-state index contributed by atoms with van der Waals surface area (Å²) in [5.74, 6) is 1.26. The number of benzene rings is 1. The van der Waals surface area contributed by atoms with Crippen LogP contribution in [0.15, 0.2) is 29.3 Å². The van der Waals surface area contributed by atoms with Gasteiger partial charge in [-0.05, 0) is 30.7 Å². The second-order valence-electron chi connectivity index (χ2n) is 5.50. The van der Waals surface area contributed by atoms with E-state index in [-0.39, 0.29) is 5.69 Å². The van der Waals surface area contributed by atoms with E-state index in [0.717, 1.165) is 38.0 Å². The summed E-state index contributed by atoms with van der Waals surface area (Å²) < 4.78 is 52.8. The minimum absolute atomic E-state index is 0.0382. The molecular weight excluding hydrogens is 368 g/mol. The van der Waals surface area contributed by atoms with Crippen LogP contribution < -0.4 is 19.1 Å². The molecule has 1 heterocycles. The highest BCUT2D eigenvalue weighted by Gasteiger charge is 2.27. The van der Waals surface area contributed by atoms with E-state index in [4.69, 9.17) is 4.74 Å². The Morgan fingerprint density at radius 1 is 1.16 bits per heavy atom. The largest absolute Gasteiger partial charge is 0.492 e. The fourth-order valence-electron chi connectivity index (χ4n) is 2.28. The maximum atomic E-state index is 11.7. The smallest absolute Gasteiger partial charge is 0.245 e. The van der Waals surface area contributed by atoms with E-state index in [2.05, 4.69) is 15.6 Å². The van der Waals surface area contributed by atoms with Crippen molar-refractivity contribution >= 4 is 31.7 Å². The Balaban J connectivity index is 1.94. The van der Waals surface area contributed by atoms with E-state index in [9.17, 15) is 16.8 Å².